The number of benzene rings is 1. The SMILES string of the molecule is O=C(N(CC12CCC(c3nc(C4CC4)no3)(CC1)CC2)c1cccc(-c2nc(C3CC3)no2)c1)C12CC(F)(C1)C2. The van der Waals surface area contributed by atoms with Crippen molar-refractivity contribution in [2.24, 2.45) is 10.8 Å². The van der Waals surface area contributed by atoms with Gasteiger partial charge >= 0.3 is 0 Å². The van der Waals surface area contributed by atoms with E-state index >= 15 is 0 Å². The second kappa shape index (κ2) is 7.79. The van der Waals surface area contributed by atoms with Gasteiger partial charge in [0.05, 0.1) is 5.41 Å². The highest BCUT2D eigenvalue weighted by Crippen LogP contribution is 2.70. The summed E-state index contributed by atoms with van der Waals surface area (Å²) in [5.74, 6) is 3.96. The average Bonchev–Trinajstić information content (AvgIpc) is 3.89. The standard InChI is InChI=1S/C31H34FN5O3/c32-31-15-30(16-31,17-31)27(38)37(22-3-1-2-21(14-22)25-33-23(35-39-25)19-4-5-19)18-28-8-11-29(12-9-28,13-10-28)26-34-24(36-40-26)20-6-7-20/h1-3,14,19-20H,4-13,15-18H2. The molecule has 0 radical (unpaired) electrons. The number of amides is 1. The van der Waals surface area contributed by atoms with Gasteiger partial charge in [-0.1, -0.05) is 16.4 Å². The number of hydrogen-bond acceptors (Lipinski definition) is 7. The number of rotatable bonds is 8. The van der Waals surface area contributed by atoms with Crippen molar-refractivity contribution in [3.05, 3.63) is 41.8 Å². The average molecular weight is 544 g/mol. The highest BCUT2D eigenvalue weighted by molar-refractivity contribution is 6.00. The molecule has 8 aliphatic carbocycles. The maximum atomic E-state index is 14.5. The largest absolute Gasteiger partial charge is 0.339 e. The number of alkyl halides is 1. The fourth-order valence-corrected chi connectivity index (χ4v) is 8.24. The second-order valence-corrected chi connectivity index (χ2v) is 14.1. The Kier molecular flexibility index (Phi) is 4.60. The zero-order valence-electron chi connectivity index (χ0n) is 22.7. The Hall–Kier alpha value is -3.10. The Morgan fingerprint density at radius 3 is 2.20 bits per heavy atom. The molecular weight excluding hydrogens is 509 g/mol. The summed E-state index contributed by atoms with van der Waals surface area (Å²) >= 11 is 0. The number of carbonyl (C=O) groups is 1. The van der Waals surface area contributed by atoms with Gasteiger partial charge in [0.1, 0.15) is 5.67 Å². The molecule has 0 atom stereocenters. The Labute approximate surface area is 232 Å². The van der Waals surface area contributed by atoms with Crippen LogP contribution in [-0.2, 0) is 10.2 Å². The van der Waals surface area contributed by atoms with Crippen molar-refractivity contribution in [1.29, 1.82) is 0 Å². The second-order valence-electron chi connectivity index (χ2n) is 14.1. The van der Waals surface area contributed by atoms with E-state index in [9.17, 15) is 9.18 Å². The summed E-state index contributed by atoms with van der Waals surface area (Å²) in [6.07, 6.45) is 11.7. The highest BCUT2D eigenvalue weighted by atomic mass is 19.1. The molecule has 8 nitrogen and oxygen atoms in total. The molecular formula is C31H34FN5O3. The first kappa shape index (κ1) is 23.6. The molecule has 0 unspecified atom stereocenters. The zero-order valence-corrected chi connectivity index (χ0v) is 22.7. The van der Waals surface area contributed by atoms with E-state index in [4.69, 9.17) is 14.0 Å². The van der Waals surface area contributed by atoms with Crippen LogP contribution in [-0.4, -0.2) is 38.4 Å². The maximum Gasteiger partial charge on any atom is 0.258 e. The Morgan fingerprint density at radius 2 is 1.55 bits per heavy atom. The van der Waals surface area contributed by atoms with E-state index in [0.717, 1.165) is 80.2 Å². The summed E-state index contributed by atoms with van der Waals surface area (Å²) in [6, 6.07) is 7.92. The van der Waals surface area contributed by atoms with Crippen molar-refractivity contribution in [2.45, 2.75) is 106 Å². The molecule has 0 saturated heterocycles. The first-order chi connectivity index (χ1) is 19.4. The molecule has 8 fully saturated rings. The molecule has 9 heteroatoms. The Morgan fingerprint density at radius 1 is 0.900 bits per heavy atom. The quantitative estimate of drug-likeness (QED) is 0.325. The van der Waals surface area contributed by atoms with Crippen molar-refractivity contribution < 1.29 is 18.2 Å². The van der Waals surface area contributed by atoms with E-state index < -0.39 is 11.1 Å². The third-order valence-electron chi connectivity index (χ3n) is 11.2. The summed E-state index contributed by atoms with van der Waals surface area (Å²) in [5.41, 5.74) is 0.00910. The van der Waals surface area contributed by atoms with Crippen molar-refractivity contribution in [1.82, 2.24) is 20.3 Å². The predicted molar refractivity (Wildman–Crippen MR) is 142 cm³/mol. The number of hydrogen-bond donors (Lipinski definition) is 0. The van der Waals surface area contributed by atoms with Gasteiger partial charge in [0.15, 0.2) is 11.6 Å². The van der Waals surface area contributed by atoms with Crippen LogP contribution in [0.3, 0.4) is 0 Å². The van der Waals surface area contributed by atoms with Gasteiger partial charge in [-0.15, -0.1) is 0 Å². The molecule has 3 aromatic rings. The summed E-state index contributed by atoms with van der Waals surface area (Å²) < 4.78 is 26.0. The normalized spacial score (nSPS) is 35.7. The van der Waals surface area contributed by atoms with E-state index in [-0.39, 0.29) is 16.7 Å². The molecule has 8 aliphatic rings. The van der Waals surface area contributed by atoms with Gasteiger partial charge in [0.25, 0.3) is 5.89 Å². The lowest BCUT2D eigenvalue weighted by Crippen LogP contribution is -2.71. The van der Waals surface area contributed by atoms with E-state index in [0.29, 0.717) is 43.5 Å². The van der Waals surface area contributed by atoms with Gasteiger partial charge < -0.3 is 13.9 Å². The van der Waals surface area contributed by atoms with Gasteiger partial charge in [0, 0.05) is 35.0 Å². The lowest BCUT2D eigenvalue weighted by atomic mass is 9.41. The molecule has 0 N–H and O–H groups in total. The molecule has 2 heterocycles. The van der Waals surface area contributed by atoms with Gasteiger partial charge in [-0.05, 0) is 107 Å². The molecule has 0 aliphatic heterocycles. The minimum Gasteiger partial charge on any atom is -0.339 e. The third kappa shape index (κ3) is 3.51. The third-order valence-corrected chi connectivity index (χ3v) is 11.2. The van der Waals surface area contributed by atoms with Crippen LogP contribution in [0.15, 0.2) is 33.3 Å². The fraction of sp³-hybridized carbons (Fsp3) is 0.645. The van der Waals surface area contributed by atoms with Crippen LogP contribution >= 0.6 is 0 Å². The van der Waals surface area contributed by atoms with E-state index in [1.807, 2.05) is 29.2 Å². The highest BCUT2D eigenvalue weighted by Gasteiger charge is 2.73. The fourth-order valence-electron chi connectivity index (χ4n) is 8.24. The minimum atomic E-state index is -1.12. The first-order valence-electron chi connectivity index (χ1n) is 15.1. The molecule has 4 bridgehead atoms. The molecule has 8 saturated carbocycles. The van der Waals surface area contributed by atoms with Crippen LogP contribution in [0.2, 0.25) is 0 Å². The number of aromatic nitrogens is 4. The Bertz CT molecular complexity index is 1480. The van der Waals surface area contributed by atoms with Crippen molar-refractivity contribution >= 4 is 11.6 Å². The van der Waals surface area contributed by atoms with E-state index in [2.05, 4.69) is 15.3 Å². The van der Waals surface area contributed by atoms with Crippen molar-refractivity contribution in [2.75, 3.05) is 11.4 Å². The lowest BCUT2D eigenvalue weighted by Gasteiger charge is -2.65. The number of carbonyl (C=O) groups excluding carboxylic acids is 1. The van der Waals surface area contributed by atoms with Crippen LogP contribution in [0.1, 0.15) is 113 Å². The molecule has 11 rings (SSSR count). The van der Waals surface area contributed by atoms with Crippen molar-refractivity contribution in [3.63, 3.8) is 0 Å². The van der Waals surface area contributed by atoms with Crippen LogP contribution in [0.5, 0.6) is 0 Å². The number of anilines is 1. The van der Waals surface area contributed by atoms with Gasteiger partial charge in [-0.3, -0.25) is 4.79 Å². The van der Waals surface area contributed by atoms with Crippen LogP contribution in [0.25, 0.3) is 11.5 Å². The first-order valence-corrected chi connectivity index (χ1v) is 15.1. The summed E-state index contributed by atoms with van der Waals surface area (Å²) in [5, 5.41) is 8.49. The van der Waals surface area contributed by atoms with Gasteiger partial charge in [-0.2, -0.15) is 9.97 Å². The molecule has 1 aromatic carbocycles. The number of halogens is 1. The van der Waals surface area contributed by atoms with Gasteiger partial charge in [0.2, 0.25) is 11.8 Å². The molecule has 0 spiro atoms. The topological polar surface area (TPSA) is 98.2 Å². The molecule has 1 amide bonds. The summed E-state index contributed by atoms with van der Waals surface area (Å²) in [6.45, 7) is 0.653. The maximum absolute atomic E-state index is 14.5. The van der Waals surface area contributed by atoms with Crippen LogP contribution in [0, 0.1) is 10.8 Å². The molecule has 208 valence electrons. The van der Waals surface area contributed by atoms with E-state index in [1.165, 1.54) is 12.8 Å². The minimum absolute atomic E-state index is 0.0255. The van der Waals surface area contributed by atoms with E-state index in [1.54, 1.807) is 0 Å². The van der Waals surface area contributed by atoms with Crippen LogP contribution < -0.4 is 4.90 Å². The summed E-state index contributed by atoms with van der Waals surface area (Å²) in [7, 11) is 0. The lowest BCUT2D eigenvalue weighted by molar-refractivity contribution is -0.211. The molecule has 2 aromatic heterocycles. The number of nitrogens with zero attached hydrogens (tertiary/aromatic N) is 5. The Balaban J connectivity index is 0.997. The predicted octanol–water partition coefficient (Wildman–Crippen LogP) is 6.39. The van der Waals surface area contributed by atoms with Crippen LogP contribution in [0.4, 0.5) is 10.1 Å². The van der Waals surface area contributed by atoms with Crippen molar-refractivity contribution in [3.8, 4) is 11.5 Å². The number of fused-ring (bicyclic) bond motifs is 3. The monoisotopic (exact) mass is 543 g/mol. The van der Waals surface area contributed by atoms with Gasteiger partial charge in [-0.25, -0.2) is 4.39 Å². The summed E-state index contributed by atoms with van der Waals surface area (Å²) in [4.78, 5) is 25.6. The molecule has 40 heavy (non-hydrogen) atoms. The smallest absolute Gasteiger partial charge is 0.258 e. The zero-order chi connectivity index (χ0) is 26.7.